The summed E-state index contributed by atoms with van der Waals surface area (Å²) in [7, 11) is 0. The lowest BCUT2D eigenvalue weighted by Gasteiger charge is -2.24. The molecule has 0 unspecified atom stereocenters. The van der Waals surface area contributed by atoms with Gasteiger partial charge in [0.15, 0.2) is 0 Å². The summed E-state index contributed by atoms with van der Waals surface area (Å²) in [6.07, 6.45) is 2.77. The summed E-state index contributed by atoms with van der Waals surface area (Å²) in [4.78, 5) is 2.09. The van der Waals surface area contributed by atoms with Crippen LogP contribution in [0, 0.1) is 0 Å². The maximum atomic E-state index is 9.09. The Morgan fingerprint density at radius 3 is 2.94 bits per heavy atom. The number of aliphatic hydroxyl groups excluding tert-OH is 1. The minimum absolute atomic E-state index is 0.125. The van der Waals surface area contributed by atoms with E-state index in [1.165, 1.54) is 0 Å². The van der Waals surface area contributed by atoms with Crippen molar-refractivity contribution in [2.45, 2.75) is 13.3 Å². The van der Waals surface area contributed by atoms with Crippen molar-refractivity contribution >= 4 is 22.3 Å². The van der Waals surface area contributed by atoms with Crippen LogP contribution in [0.5, 0.6) is 0 Å². The largest absolute Gasteiger partial charge is 0.397 e. The minimum Gasteiger partial charge on any atom is -0.397 e. The number of benzene rings is 1. The number of anilines is 2. The number of rotatable bonds is 5. The van der Waals surface area contributed by atoms with E-state index in [0.29, 0.717) is 6.54 Å². The highest BCUT2D eigenvalue weighted by Gasteiger charge is 2.10. The van der Waals surface area contributed by atoms with Crippen molar-refractivity contribution < 1.29 is 5.11 Å². The van der Waals surface area contributed by atoms with E-state index in [0.717, 1.165) is 35.2 Å². The van der Waals surface area contributed by atoms with E-state index >= 15 is 0 Å². The summed E-state index contributed by atoms with van der Waals surface area (Å²) in [5.41, 5.74) is 8.69. The van der Waals surface area contributed by atoms with E-state index in [9.17, 15) is 0 Å². The number of nitrogen functional groups attached to an aromatic ring is 1. The number of aliphatic hydroxyl groups is 1. The Morgan fingerprint density at radius 2 is 2.24 bits per heavy atom. The molecule has 0 aliphatic carbocycles. The fourth-order valence-corrected chi connectivity index (χ4v) is 2.01. The lowest BCUT2D eigenvalue weighted by Crippen LogP contribution is -2.28. The van der Waals surface area contributed by atoms with Crippen molar-refractivity contribution in [1.29, 1.82) is 0 Å². The van der Waals surface area contributed by atoms with Gasteiger partial charge in [-0.2, -0.15) is 5.10 Å². The molecule has 2 aromatic rings. The summed E-state index contributed by atoms with van der Waals surface area (Å²) < 4.78 is 0. The van der Waals surface area contributed by atoms with Crippen LogP contribution in [0.25, 0.3) is 10.9 Å². The van der Waals surface area contributed by atoms with E-state index in [2.05, 4.69) is 22.0 Å². The van der Waals surface area contributed by atoms with Crippen LogP contribution < -0.4 is 10.6 Å². The van der Waals surface area contributed by atoms with Crippen LogP contribution in [0.3, 0.4) is 0 Å². The second kappa shape index (κ2) is 5.05. The van der Waals surface area contributed by atoms with Gasteiger partial charge >= 0.3 is 0 Å². The van der Waals surface area contributed by atoms with Crippen molar-refractivity contribution in [3.05, 3.63) is 18.3 Å². The number of fused-ring (bicyclic) bond motifs is 1. The number of hydrogen-bond acceptors (Lipinski definition) is 4. The molecule has 92 valence electrons. The number of nitrogens with zero attached hydrogens (tertiary/aromatic N) is 2. The molecule has 4 N–H and O–H groups in total. The number of H-pyrrole nitrogens is 1. The third-order valence-corrected chi connectivity index (χ3v) is 2.79. The number of nitrogens with two attached hydrogens (primary N) is 1. The Kier molecular flexibility index (Phi) is 3.49. The van der Waals surface area contributed by atoms with E-state index in [-0.39, 0.29) is 6.61 Å². The predicted molar refractivity (Wildman–Crippen MR) is 70.1 cm³/mol. The Bertz CT molecular complexity index is 488. The molecule has 5 nitrogen and oxygen atoms in total. The van der Waals surface area contributed by atoms with Crippen molar-refractivity contribution in [2.24, 2.45) is 0 Å². The van der Waals surface area contributed by atoms with Gasteiger partial charge in [0.1, 0.15) is 0 Å². The van der Waals surface area contributed by atoms with Crippen LogP contribution in [-0.4, -0.2) is 35.0 Å². The predicted octanol–water partition coefficient (Wildman–Crippen LogP) is 1.35. The first-order valence-electron chi connectivity index (χ1n) is 5.84. The summed E-state index contributed by atoms with van der Waals surface area (Å²) in [5, 5.41) is 17.0. The van der Waals surface area contributed by atoms with E-state index in [1.807, 2.05) is 12.1 Å². The second-order valence-electron chi connectivity index (χ2n) is 4.08. The highest BCUT2D eigenvalue weighted by atomic mass is 16.3. The van der Waals surface area contributed by atoms with Gasteiger partial charge < -0.3 is 15.7 Å². The number of aromatic nitrogens is 2. The molecule has 0 bridgehead atoms. The van der Waals surface area contributed by atoms with Crippen LogP contribution >= 0.6 is 0 Å². The lowest BCUT2D eigenvalue weighted by atomic mass is 10.2. The molecular formula is C12H18N4O. The second-order valence-corrected chi connectivity index (χ2v) is 4.08. The Balaban J connectivity index is 2.39. The number of hydrogen-bond donors (Lipinski definition) is 3. The standard InChI is InChI=1S/C12H18N4O/c1-2-3-16(4-5-17)12-7-11-9(6-10(12)13)8-14-15-11/h6-8,17H,2-5,13H2,1H3,(H,14,15). The topological polar surface area (TPSA) is 78.2 Å². The molecule has 2 rings (SSSR count). The Hall–Kier alpha value is -1.75. The molecule has 0 aliphatic rings. The average molecular weight is 234 g/mol. The van der Waals surface area contributed by atoms with Gasteiger partial charge in [0, 0.05) is 18.5 Å². The first-order valence-corrected chi connectivity index (χ1v) is 5.84. The molecule has 0 radical (unpaired) electrons. The Labute approximate surface area is 100 Å². The normalized spacial score (nSPS) is 10.9. The molecule has 0 saturated carbocycles. The molecule has 0 saturated heterocycles. The fourth-order valence-electron chi connectivity index (χ4n) is 2.01. The maximum absolute atomic E-state index is 9.09. The molecule has 0 amide bonds. The van der Waals surface area contributed by atoms with E-state index in [1.54, 1.807) is 6.20 Å². The van der Waals surface area contributed by atoms with Crippen molar-refractivity contribution in [3.8, 4) is 0 Å². The third-order valence-electron chi connectivity index (χ3n) is 2.79. The molecule has 17 heavy (non-hydrogen) atoms. The zero-order chi connectivity index (χ0) is 12.3. The van der Waals surface area contributed by atoms with Gasteiger partial charge in [0.05, 0.1) is 29.7 Å². The van der Waals surface area contributed by atoms with Gasteiger partial charge in [-0.05, 0) is 18.6 Å². The summed E-state index contributed by atoms with van der Waals surface area (Å²) in [6.45, 7) is 3.71. The molecule has 1 heterocycles. The Morgan fingerprint density at radius 1 is 1.41 bits per heavy atom. The molecular weight excluding hydrogens is 216 g/mol. The summed E-state index contributed by atoms with van der Waals surface area (Å²) in [5.74, 6) is 0. The quantitative estimate of drug-likeness (QED) is 0.682. The van der Waals surface area contributed by atoms with Gasteiger partial charge in [-0.25, -0.2) is 0 Å². The van der Waals surface area contributed by atoms with Crippen LogP contribution in [-0.2, 0) is 0 Å². The smallest absolute Gasteiger partial charge is 0.0672 e. The van der Waals surface area contributed by atoms with Crippen LogP contribution in [0.1, 0.15) is 13.3 Å². The van der Waals surface area contributed by atoms with Gasteiger partial charge in [0.2, 0.25) is 0 Å². The van der Waals surface area contributed by atoms with Crippen molar-refractivity contribution in [1.82, 2.24) is 10.2 Å². The van der Waals surface area contributed by atoms with Gasteiger partial charge in [0.25, 0.3) is 0 Å². The first-order chi connectivity index (χ1) is 8.26. The van der Waals surface area contributed by atoms with Crippen molar-refractivity contribution in [2.75, 3.05) is 30.3 Å². The molecule has 5 heteroatoms. The average Bonchev–Trinajstić information content (AvgIpc) is 2.74. The minimum atomic E-state index is 0.125. The zero-order valence-electron chi connectivity index (χ0n) is 9.98. The number of aromatic amines is 1. The highest BCUT2D eigenvalue weighted by molar-refractivity contribution is 5.88. The van der Waals surface area contributed by atoms with E-state index in [4.69, 9.17) is 10.8 Å². The number of nitrogens with one attached hydrogen (secondary N) is 1. The molecule has 1 aromatic carbocycles. The van der Waals surface area contributed by atoms with Crippen LogP contribution in [0.15, 0.2) is 18.3 Å². The highest BCUT2D eigenvalue weighted by Crippen LogP contribution is 2.28. The molecule has 0 spiro atoms. The van der Waals surface area contributed by atoms with Gasteiger partial charge in [-0.1, -0.05) is 6.92 Å². The SMILES string of the molecule is CCCN(CCO)c1cc2[nH]ncc2cc1N. The molecule has 0 fully saturated rings. The maximum Gasteiger partial charge on any atom is 0.0672 e. The molecule has 0 atom stereocenters. The summed E-state index contributed by atoms with van der Waals surface area (Å²) in [6, 6.07) is 3.90. The summed E-state index contributed by atoms with van der Waals surface area (Å²) >= 11 is 0. The van der Waals surface area contributed by atoms with Crippen LogP contribution in [0.4, 0.5) is 11.4 Å². The first kappa shape index (κ1) is 11.7. The zero-order valence-corrected chi connectivity index (χ0v) is 9.98. The third kappa shape index (κ3) is 2.34. The molecule has 1 aromatic heterocycles. The monoisotopic (exact) mass is 234 g/mol. The van der Waals surface area contributed by atoms with Gasteiger partial charge in [-0.15, -0.1) is 0 Å². The fraction of sp³-hybridized carbons (Fsp3) is 0.417. The lowest BCUT2D eigenvalue weighted by molar-refractivity contribution is 0.302. The van der Waals surface area contributed by atoms with Crippen molar-refractivity contribution in [3.63, 3.8) is 0 Å². The van der Waals surface area contributed by atoms with Crippen LogP contribution in [0.2, 0.25) is 0 Å². The van der Waals surface area contributed by atoms with Gasteiger partial charge in [-0.3, -0.25) is 5.10 Å². The van der Waals surface area contributed by atoms with E-state index < -0.39 is 0 Å². The molecule has 0 aliphatic heterocycles.